The molecule has 0 bridgehead atoms. The summed E-state index contributed by atoms with van der Waals surface area (Å²) in [6.45, 7) is 0.485. The van der Waals surface area contributed by atoms with Gasteiger partial charge in [0.1, 0.15) is 5.82 Å². The van der Waals surface area contributed by atoms with Crippen molar-refractivity contribution in [3.63, 3.8) is 0 Å². The third-order valence-corrected chi connectivity index (χ3v) is 3.88. The van der Waals surface area contributed by atoms with Crippen LogP contribution in [-0.2, 0) is 16.0 Å². The fourth-order valence-corrected chi connectivity index (χ4v) is 2.50. The molecule has 0 aliphatic rings. The Kier molecular flexibility index (Phi) is 7.56. The zero-order valence-electron chi connectivity index (χ0n) is 14.5. The summed E-state index contributed by atoms with van der Waals surface area (Å²) in [7, 11) is 1.68. The van der Waals surface area contributed by atoms with Gasteiger partial charge < -0.3 is 10.6 Å². The monoisotopic (exact) mass is 377 g/mol. The Morgan fingerprint density at radius 1 is 1.04 bits per heavy atom. The van der Waals surface area contributed by atoms with E-state index < -0.39 is 0 Å². The first kappa shape index (κ1) is 19.9. The van der Waals surface area contributed by atoms with E-state index in [0.717, 1.165) is 0 Å². The highest BCUT2D eigenvalue weighted by Gasteiger charge is 2.11. The highest BCUT2D eigenvalue weighted by molar-refractivity contribution is 6.30. The molecule has 2 amide bonds. The predicted molar refractivity (Wildman–Crippen MR) is 101 cm³/mol. The van der Waals surface area contributed by atoms with Crippen molar-refractivity contribution in [2.75, 3.05) is 32.0 Å². The largest absolute Gasteiger partial charge is 0.355 e. The van der Waals surface area contributed by atoms with Crippen LogP contribution >= 0.6 is 11.6 Å². The number of hydrogen-bond acceptors (Lipinski definition) is 3. The van der Waals surface area contributed by atoms with Crippen LogP contribution in [0.15, 0.2) is 48.5 Å². The van der Waals surface area contributed by atoms with Crippen molar-refractivity contribution in [1.29, 1.82) is 0 Å². The van der Waals surface area contributed by atoms with Gasteiger partial charge in [-0.05, 0) is 49.4 Å². The molecular formula is C19H21ClFN3O2. The Labute approximate surface area is 157 Å². The average Bonchev–Trinajstić information content (AvgIpc) is 2.58. The van der Waals surface area contributed by atoms with E-state index in [2.05, 4.69) is 10.6 Å². The summed E-state index contributed by atoms with van der Waals surface area (Å²) < 4.78 is 13.5. The fraction of sp³-hybridized carbons (Fsp3) is 0.263. The number of likely N-dealkylation sites (N-methyl/N-ethyl adjacent to an activating group) is 1. The number of amides is 2. The van der Waals surface area contributed by atoms with Crippen LogP contribution in [0.3, 0.4) is 0 Å². The molecule has 0 unspecified atom stereocenters. The van der Waals surface area contributed by atoms with Crippen molar-refractivity contribution in [2.45, 2.75) is 6.42 Å². The first-order valence-electron chi connectivity index (χ1n) is 8.18. The number of hydrogen-bond donors (Lipinski definition) is 2. The molecule has 0 saturated heterocycles. The standard InChI is InChI=1S/C19H21ClFN3O2/c1-24(13-19(26)23-16-8-6-15(20)7-9-16)12-18(25)22-11-10-14-4-2-3-5-17(14)21/h2-9H,10-13H2,1H3,(H,22,25)(H,23,26). The summed E-state index contributed by atoms with van der Waals surface area (Å²) in [5.41, 5.74) is 1.20. The van der Waals surface area contributed by atoms with Gasteiger partial charge in [-0.15, -0.1) is 0 Å². The Morgan fingerprint density at radius 2 is 1.69 bits per heavy atom. The molecule has 7 heteroatoms. The minimum absolute atomic E-state index is 0.0728. The van der Waals surface area contributed by atoms with Gasteiger partial charge in [-0.1, -0.05) is 29.8 Å². The van der Waals surface area contributed by atoms with E-state index in [9.17, 15) is 14.0 Å². The normalized spacial score (nSPS) is 10.6. The maximum atomic E-state index is 13.5. The summed E-state index contributed by atoms with van der Waals surface area (Å²) in [5, 5.41) is 6.05. The van der Waals surface area contributed by atoms with E-state index in [-0.39, 0.29) is 30.7 Å². The molecule has 2 N–H and O–H groups in total. The number of anilines is 1. The Hall–Kier alpha value is -2.44. The van der Waals surface area contributed by atoms with Crippen LogP contribution in [0.4, 0.5) is 10.1 Å². The lowest BCUT2D eigenvalue weighted by Gasteiger charge is -2.16. The number of benzene rings is 2. The molecule has 0 atom stereocenters. The molecule has 0 aromatic heterocycles. The number of nitrogens with zero attached hydrogens (tertiary/aromatic N) is 1. The molecule has 0 fully saturated rings. The molecule has 2 aromatic rings. The molecule has 138 valence electrons. The van der Waals surface area contributed by atoms with Crippen LogP contribution in [0.2, 0.25) is 5.02 Å². The molecule has 0 aliphatic carbocycles. The van der Waals surface area contributed by atoms with Crippen molar-refractivity contribution < 1.29 is 14.0 Å². The molecule has 0 heterocycles. The van der Waals surface area contributed by atoms with Gasteiger partial charge in [-0.2, -0.15) is 0 Å². The van der Waals surface area contributed by atoms with Crippen LogP contribution < -0.4 is 10.6 Å². The van der Waals surface area contributed by atoms with Crippen molar-refractivity contribution in [3.8, 4) is 0 Å². The van der Waals surface area contributed by atoms with E-state index in [0.29, 0.717) is 29.2 Å². The summed E-state index contributed by atoms with van der Waals surface area (Å²) in [6, 6.07) is 13.2. The maximum Gasteiger partial charge on any atom is 0.238 e. The SMILES string of the molecule is CN(CC(=O)NCCc1ccccc1F)CC(=O)Nc1ccc(Cl)cc1. The zero-order valence-corrected chi connectivity index (χ0v) is 15.2. The van der Waals surface area contributed by atoms with E-state index >= 15 is 0 Å². The van der Waals surface area contributed by atoms with E-state index in [1.54, 1.807) is 54.4 Å². The van der Waals surface area contributed by atoms with Crippen LogP contribution in [0.1, 0.15) is 5.56 Å². The van der Waals surface area contributed by atoms with Crippen molar-refractivity contribution in [3.05, 3.63) is 64.9 Å². The van der Waals surface area contributed by atoms with Gasteiger partial charge in [0.25, 0.3) is 0 Å². The summed E-state index contributed by atoms with van der Waals surface area (Å²) in [6.07, 6.45) is 0.416. The van der Waals surface area contributed by atoms with Crippen molar-refractivity contribution in [2.24, 2.45) is 0 Å². The topological polar surface area (TPSA) is 61.4 Å². The summed E-state index contributed by atoms with van der Waals surface area (Å²) in [4.78, 5) is 25.5. The predicted octanol–water partition coefficient (Wildman–Crippen LogP) is 2.71. The molecule has 0 radical (unpaired) electrons. The molecule has 26 heavy (non-hydrogen) atoms. The minimum atomic E-state index is -0.280. The van der Waals surface area contributed by atoms with Gasteiger partial charge in [-0.3, -0.25) is 14.5 Å². The van der Waals surface area contributed by atoms with Crippen LogP contribution in [0.25, 0.3) is 0 Å². The zero-order chi connectivity index (χ0) is 18.9. The molecule has 2 rings (SSSR count). The van der Waals surface area contributed by atoms with E-state index in [4.69, 9.17) is 11.6 Å². The smallest absolute Gasteiger partial charge is 0.238 e. The van der Waals surface area contributed by atoms with E-state index in [1.807, 2.05) is 0 Å². The van der Waals surface area contributed by atoms with Crippen LogP contribution in [0, 0.1) is 5.82 Å². The molecule has 0 spiro atoms. The third kappa shape index (κ3) is 6.82. The Bertz CT molecular complexity index is 753. The highest BCUT2D eigenvalue weighted by Crippen LogP contribution is 2.13. The molecule has 5 nitrogen and oxygen atoms in total. The average molecular weight is 378 g/mol. The second kappa shape index (κ2) is 9.89. The van der Waals surface area contributed by atoms with Gasteiger partial charge in [0.2, 0.25) is 11.8 Å². The minimum Gasteiger partial charge on any atom is -0.355 e. The van der Waals surface area contributed by atoms with Crippen molar-refractivity contribution >= 4 is 29.1 Å². The number of nitrogens with one attached hydrogen (secondary N) is 2. The molecule has 0 aliphatic heterocycles. The van der Waals surface area contributed by atoms with Gasteiger partial charge in [0, 0.05) is 17.3 Å². The van der Waals surface area contributed by atoms with Crippen molar-refractivity contribution in [1.82, 2.24) is 10.2 Å². The number of halogens is 2. The second-order valence-corrected chi connectivity index (χ2v) is 6.36. The lowest BCUT2D eigenvalue weighted by atomic mass is 10.1. The number of rotatable bonds is 8. The Morgan fingerprint density at radius 3 is 2.38 bits per heavy atom. The second-order valence-electron chi connectivity index (χ2n) is 5.92. The molecule has 2 aromatic carbocycles. The first-order chi connectivity index (χ1) is 12.4. The Balaban J connectivity index is 1.68. The highest BCUT2D eigenvalue weighted by atomic mass is 35.5. The third-order valence-electron chi connectivity index (χ3n) is 3.63. The quantitative estimate of drug-likeness (QED) is 0.743. The van der Waals surface area contributed by atoms with Gasteiger partial charge >= 0.3 is 0 Å². The van der Waals surface area contributed by atoms with Gasteiger partial charge in [0.15, 0.2) is 0 Å². The lowest BCUT2D eigenvalue weighted by Crippen LogP contribution is -2.39. The number of carbonyl (C=O) groups excluding carboxylic acids is 2. The fourth-order valence-electron chi connectivity index (χ4n) is 2.37. The lowest BCUT2D eigenvalue weighted by molar-refractivity contribution is -0.122. The summed E-state index contributed by atoms with van der Waals surface area (Å²) >= 11 is 5.79. The maximum absolute atomic E-state index is 13.5. The van der Waals surface area contributed by atoms with Gasteiger partial charge in [0.05, 0.1) is 13.1 Å². The molecule has 0 saturated carbocycles. The molecular weight excluding hydrogens is 357 g/mol. The van der Waals surface area contributed by atoms with E-state index in [1.165, 1.54) is 6.07 Å². The summed E-state index contributed by atoms with van der Waals surface area (Å²) in [5.74, 6) is -0.727. The van der Waals surface area contributed by atoms with Crippen LogP contribution in [-0.4, -0.2) is 43.4 Å². The number of carbonyl (C=O) groups is 2. The van der Waals surface area contributed by atoms with Gasteiger partial charge in [-0.25, -0.2) is 4.39 Å². The van der Waals surface area contributed by atoms with Crippen LogP contribution in [0.5, 0.6) is 0 Å². The first-order valence-corrected chi connectivity index (χ1v) is 8.56.